The highest BCUT2D eigenvalue weighted by Crippen LogP contribution is 2.10. The van der Waals surface area contributed by atoms with Gasteiger partial charge in [0.2, 0.25) is 5.91 Å². The minimum absolute atomic E-state index is 0. The molecule has 1 atom stereocenters. The molecule has 0 aromatic carbocycles. The van der Waals surface area contributed by atoms with Crippen molar-refractivity contribution < 1.29 is 4.79 Å². The van der Waals surface area contributed by atoms with Gasteiger partial charge in [0.1, 0.15) is 0 Å². The molecular weight excluding hydrogens is 224 g/mol. The molecule has 2 N–H and O–H groups in total. The van der Waals surface area contributed by atoms with Crippen molar-refractivity contribution in [2.75, 3.05) is 20.1 Å². The second-order valence-electron chi connectivity index (χ2n) is 4.07. The number of rotatable bonds is 9. The lowest BCUT2D eigenvalue weighted by atomic mass is 9.99. The van der Waals surface area contributed by atoms with Crippen molar-refractivity contribution in [1.82, 2.24) is 10.6 Å². The van der Waals surface area contributed by atoms with Gasteiger partial charge in [-0.2, -0.15) is 0 Å². The van der Waals surface area contributed by atoms with Gasteiger partial charge < -0.3 is 10.6 Å². The predicted molar refractivity (Wildman–Crippen MR) is 72.1 cm³/mol. The van der Waals surface area contributed by atoms with Gasteiger partial charge in [0.25, 0.3) is 0 Å². The molecule has 0 aliphatic carbocycles. The van der Waals surface area contributed by atoms with E-state index in [9.17, 15) is 4.79 Å². The summed E-state index contributed by atoms with van der Waals surface area (Å²) in [6.45, 7) is 6.01. The molecule has 0 aromatic heterocycles. The molecule has 0 saturated heterocycles. The van der Waals surface area contributed by atoms with Crippen molar-refractivity contribution in [3.8, 4) is 0 Å². The Labute approximate surface area is 106 Å². The Morgan fingerprint density at radius 2 is 2.00 bits per heavy atom. The summed E-state index contributed by atoms with van der Waals surface area (Å²) in [5.74, 6) is 0.822. The minimum Gasteiger partial charge on any atom is -0.356 e. The van der Waals surface area contributed by atoms with Gasteiger partial charge in [-0.25, -0.2) is 0 Å². The maximum atomic E-state index is 11.3. The molecule has 0 radical (unpaired) electrons. The van der Waals surface area contributed by atoms with E-state index in [1.807, 2.05) is 7.05 Å². The van der Waals surface area contributed by atoms with Gasteiger partial charge >= 0.3 is 0 Å². The summed E-state index contributed by atoms with van der Waals surface area (Å²) in [6, 6.07) is 0. The number of halogens is 1. The third-order valence-electron chi connectivity index (χ3n) is 2.73. The molecule has 4 heteroatoms. The van der Waals surface area contributed by atoms with E-state index >= 15 is 0 Å². The minimum atomic E-state index is 0. The van der Waals surface area contributed by atoms with Gasteiger partial charge in [0, 0.05) is 19.5 Å². The van der Waals surface area contributed by atoms with E-state index in [0.717, 1.165) is 19.5 Å². The van der Waals surface area contributed by atoms with Crippen LogP contribution in [0.2, 0.25) is 0 Å². The van der Waals surface area contributed by atoms with Gasteiger partial charge in [0.05, 0.1) is 0 Å². The maximum Gasteiger partial charge on any atom is 0.221 e. The van der Waals surface area contributed by atoms with Crippen LogP contribution >= 0.6 is 12.4 Å². The molecule has 0 aliphatic rings. The number of amides is 1. The van der Waals surface area contributed by atoms with Crippen molar-refractivity contribution in [3.63, 3.8) is 0 Å². The van der Waals surface area contributed by atoms with Crippen molar-refractivity contribution in [3.05, 3.63) is 0 Å². The average Bonchev–Trinajstić information content (AvgIpc) is 2.26. The first-order valence-corrected chi connectivity index (χ1v) is 6.15. The third-order valence-corrected chi connectivity index (χ3v) is 2.73. The quantitative estimate of drug-likeness (QED) is 0.660. The predicted octanol–water partition coefficient (Wildman–Crippen LogP) is 2.35. The molecule has 0 rings (SSSR count). The first-order chi connectivity index (χ1) is 7.24. The van der Waals surface area contributed by atoms with Crippen LogP contribution in [0.1, 0.15) is 46.0 Å². The standard InChI is InChI=1S/C12H26N2O.ClH/c1-4-6-7-11(5-2)10-14-12(15)8-9-13-3;/h11,13H,4-10H2,1-3H3,(H,14,15);1H. The molecule has 0 bridgehead atoms. The Morgan fingerprint density at radius 1 is 1.31 bits per heavy atom. The third kappa shape index (κ3) is 10.2. The molecule has 1 unspecified atom stereocenters. The Hall–Kier alpha value is -0.280. The van der Waals surface area contributed by atoms with Gasteiger partial charge in [0.15, 0.2) is 0 Å². The van der Waals surface area contributed by atoms with Crippen LogP contribution in [0.5, 0.6) is 0 Å². The molecule has 0 heterocycles. The Bertz CT molecular complexity index is 165. The highest BCUT2D eigenvalue weighted by atomic mass is 35.5. The molecule has 16 heavy (non-hydrogen) atoms. The van der Waals surface area contributed by atoms with Crippen molar-refractivity contribution in [1.29, 1.82) is 0 Å². The Morgan fingerprint density at radius 3 is 2.50 bits per heavy atom. The first kappa shape index (κ1) is 18.1. The van der Waals surface area contributed by atoms with E-state index in [1.54, 1.807) is 0 Å². The van der Waals surface area contributed by atoms with Crippen molar-refractivity contribution in [2.45, 2.75) is 46.0 Å². The number of nitrogens with one attached hydrogen (secondary N) is 2. The van der Waals surface area contributed by atoms with Crippen LogP contribution in [-0.2, 0) is 4.79 Å². The highest BCUT2D eigenvalue weighted by molar-refractivity contribution is 5.85. The van der Waals surface area contributed by atoms with Crippen LogP contribution in [0.3, 0.4) is 0 Å². The monoisotopic (exact) mass is 250 g/mol. The molecule has 0 spiro atoms. The van der Waals surface area contributed by atoms with E-state index < -0.39 is 0 Å². The number of hydrogen-bond donors (Lipinski definition) is 2. The van der Waals surface area contributed by atoms with Gasteiger partial charge in [-0.15, -0.1) is 12.4 Å². The van der Waals surface area contributed by atoms with Crippen LogP contribution in [0, 0.1) is 5.92 Å². The molecule has 0 aromatic rings. The summed E-state index contributed by atoms with van der Waals surface area (Å²) < 4.78 is 0. The summed E-state index contributed by atoms with van der Waals surface area (Å²) in [5, 5.41) is 5.97. The van der Waals surface area contributed by atoms with E-state index in [2.05, 4.69) is 24.5 Å². The van der Waals surface area contributed by atoms with Gasteiger partial charge in [-0.05, 0) is 19.4 Å². The van der Waals surface area contributed by atoms with Crippen LogP contribution in [0.25, 0.3) is 0 Å². The van der Waals surface area contributed by atoms with Crippen LogP contribution in [0.15, 0.2) is 0 Å². The topological polar surface area (TPSA) is 41.1 Å². The van der Waals surface area contributed by atoms with Crippen LogP contribution < -0.4 is 10.6 Å². The van der Waals surface area contributed by atoms with E-state index in [-0.39, 0.29) is 18.3 Å². The lowest BCUT2D eigenvalue weighted by Crippen LogP contribution is -2.31. The molecule has 98 valence electrons. The molecule has 0 aliphatic heterocycles. The number of carbonyl (C=O) groups is 1. The second kappa shape index (κ2) is 12.8. The smallest absolute Gasteiger partial charge is 0.221 e. The largest absolute Gasteiger partial charge is 0.356 e. The van der Waals surface area contributed by atoms with Crippen molar-refractivity contribution in [2.24, 2.45) is 5.92 Å². The number of carbonyl (C=O) groups excluding carboxylic acids is 1. The molecule has 0 fully saturated rings. The fourth-order valence-corrected chi connectivity index (χ4v) is 1.53. The molecule has 1 amide bonds. The van der Waals surface area contributed by atoms with Gasteiger partial charge in [-0.3, -0.25) is 4.79 Å². The van der Waals surface area contributed by atoms with Gasteiger partial charge in [-0.1, -0.05) is 33.1 Å². The van der Waals surface area contributed by atoms with Crippen LogP contribution in [-0.4, -0.2) is 26.0 Å². The van der Waals surface area contributed by atoms with E-state index in [1.165, 1.54) is 19.3 Å². The maximum absolute atomic E-state index is 11.3. The Balaban J connectivity index is 0. The molecule has 0 saturated carbocycles. The van der Waals surface area contributed by atoms with Crippen molar-refractivity contribution >= 4 is 18.3 Å². The second-order valence-corrected chi connectivity index (χ2v) is 4.07. The summed E-state index contributed by atoms with van der Waals surface area (Å²) >= 11 is 0. The SMILES string of the molecule is CCCCC(CC)CNC(=O)CCNC.Cl. The zero-order valence-electron chi connectivity index (χ0n) is 10.8. The summed E-state index contributed by atoms with van der Waals surface area (Å²) in [4.78, 5) is 11.3. The lowest BCUT2D eigenvalue weighted by Gasteiger charge is -2.15. The van der Waals surface area contributed by atoms with E-state index in [0.29, 0.717) is 12.3 Å². The zero-order valence-corrected chi connectivity index (χ0v) is 11.7. The highest BCUT2D eigenvalue weighted by Gasteiger charge is 2.07. The summed E-state index contributed by atoms with van der Waals surface area (Å²) in [7, 11) is 1.86. The fourth-order valence-electron chi connectivity index (χ4n) is 1.53. The van der Waals surface area contributed by atoms with Crippen LogP contribution in [0.4, 0.5) is 0 Å². The first-order valence-electron chi connectivity index (χ1n) is 6.15. The normalized spacial score (nSPS) is 11.7. The summed E-state index contributed by atoms with van der Waals surface area (Å²) in [5.41, 5.74) is 0. The lowest BCUT2D eigenvalue weighted by molar-refractivity contribution is -0.121. The molecule has 3 nitrogen and oxygen atoms in total. The average molecular weight is 251 g/mol. The fraction of sp³-hybridized carbons (Fsp3) is 0.917. The number of unbranched alkanes of at least 4 members (excludes halogenated alkanes) is 1. The number of hydrogen-bond acceptors (Lipinski definition) is 2. The zero-order chi connectivity index (χ0) is 11.5. The van der Waals surface area contributed by atoms with E-state index in [4.69, 9.17) is 0 Å². The summed E-state index contributed by atoms with van der Waals surface area (Å²) in [6.07, 6.45) is 5.49. The molecular formula is C12H27ClN2O. The Kier molecular flexibility index (Phi) is 14.5.